The van der Waals surface area contributed by atoms with Crippen LogP contribution in [0.1, 0.15) is 25.2 Å². The van der Waals surface area contributed by atoms with Gasteiger partial charge >= 0.3 is 5.97 Å². The fraction of sp³-hybridized carbons (Fsp3) is 0.375. The van der Waals surface area contributed by atoms with Gasteiger partial charge in [-0.1, -0.05) is 5.16 Å². The highest BCUT2D eigenvalue weighted by Crippen LogP contribution is 2.19. The van der Waals surface area contributed by atoms with E-state index in [4.69, 9.17) is 14.4 Å². The molecule has 2 N–H and O–H groups in total. The van der Waals surface area contributed by atoms with Crippen LogP contribution in [0.25, 0.3) is 11.4 Å². The lowest BCUT2D eigenvalue weighted by Gasteiger charge is -2.02. The van der Waals surface area contributed by atoms with Crippen molar-refractivity contribution in [1.82, 2.24) is 15.5 Å². The molecule has 128 valence electrons. The van der Waals surface area contributed by atoms with Crippen LogP contribution in [0.4, 0.5) is 0 Å². The summed E-state index contributed by atoms with van der Waals surface area (Å²) < 4.78 is 10.2. The molecule has 2 rings (SSSR count). The molecule has 0 unspecified atom stereocenters. The number of hydrogen-bond donors (Lipinski definition) is 2. The van der Waals surface area contributed by atoms with Crippen LogP contribution in [-0.2, 0) is 16.0 Å². The molecular formula is C16H19N3O5. The molecule has 0 atom stereocenters. The molecule has 0 bridgehead atoms. The van der Waals surface area contributed by atoms with Gasteiger partial charge in [0.25, 0.3) is 0 Å². The molecule has 1 heterocycles. The predicted molar refractivity (Wildman–Crippen MR) is 84.5 cm³/mol. The molecule has 1 amide bonds. The number of nitrogens with one attached hydrogen (secondary N) is 1. The van der Waals surface area contributed by atoms with Crippen LogP contribution in [0.5, 0.6) is 5.75 Å². The number of amides is 1. The lowest BCUT2D eigenvalue weighted by atomic mass is 10.2. The summed E-state index contributed by atoms with van der Waals surface area (Å²) in [6.07, 6.45) is 0.976. The number of methoxy groups -OCH3 is 1. The van der Waals surface area contributed by atoms with Gasteiger partial charge in [-0.15, -0.1) is 0 Å². The van der Waals surface area contributed by atoms with Gasteiger partial charge in [0.05, 0.1) is 7.11 Å². The Kier molecular flexibility index (Phi) is 6.30. The molecule has 0 spiro atoms. The van der Waals surface area contributed by atoms with E-state index < -0.39 is 5.97 Å². The summed E-state index contributed by atoms with van der Waals surface area (Å²) in [5.41, 5.74) is 0.795. The highest BCUT2D eigenvalue weighted by molar-refractivity contribution is 5.76. The van der Waals surface area contributed by atoms with E-state index >= 15 is 0 Å². The van der Waals surface area contributed by atoms with Crippen molar-refractivity contribution in [3.05, 3.63) is 30.2 Å². The minimum Gasteiger partial charge on any atom is -0.497 e. The number of nitrogens with zero attached hydrogens (tertiary/aromatic N) is 2. The van der Waals surface area contributed by atoms with Gasteiger partial charge < -0.3 is 19.7 Å². The molecule has 0 aliphatic heterocycles. The van der Waals surface area contributed by atoms with Gasteiger partial charge in [0, 0.05) is 31.4 Å². The van der Waals surface area contributed by atoms with Crippen LogP contribution >= 0.6 is 0 Å². The van der Waals surface area contributed by atoms with Gasteiger partial charge in [-0.05, 0) is 30.7 Å². The van der Waals surface area contributed by atoms with E-state index in [1.807, 2.05) is 12.1 Å². The van der Waals surface area contributed by atoms with Crippen molar-refractivity contribution >= 4 is 11.9 Å². The van der Waals surface area contributed by atoms with Crippen molar-refractivity contribution < 1.29 is 24.0 Å². The first-order valence-electron chi connectivity index (χ1n) is 7.54. The number of carboxylic acid groups (broad SMARTS) is 1. The third kappa shape index (κ3) is 5.38. The molecule has 8 heteroatoms. The Bertz CT molecular complexity index is 681. The summed E-state index contributed by atoms with van der Waals surface area (Å²) in [7, 11) is 1.59. The van der Waals surface area contributed by atoms with Gasteiger partial charge in [-0.3, -0.25) is 9.59 Å². The van der Waals surface area contributed by atoms with Gasteiger partial charge in [-0.2, -0.15) is 4.98 Å². The molecule has 24 heavy (non-hydrogen) atoms. The molecule has 0 aliphatic rings. The quantitative estimate of drug-likeness (QED) is 0.671. The molecule has 8 nitrogen and oxygen atoms in total. The normalized spacial score (nSPS) is 10.4. The standard InChI is InChI=1S/C16H19N3O5/c1-23-12-6-4-11(5-7-12)16-18-14(24-19-16)9-8-13(20)17-10-2-3-15(21)22/h4-7H,2-3,8-10H2,1H3,(H,17,20)(H,21,22). The van der Waals surface area contributed by atoms with E-state index in [1.54, 1.807) is 19.2 Å². The molecular weight excluding hydrogens is 314 g/mol. The van der Waals surface area contributed by atoms with Gasteiger partial charge in [0.1, 0.15) is 5.75 Å². The summed E-state index contributed by atoms with van der Waals surface area (Å²) in [5, 5.41) is 15.1. The van der Waals surface area contributed by atoms with E-state index in [-0.39, 0.29) is 18.7 Å². The molecule has 0 fully saturated rings. The van der Waals surface area contributed by atoms with Crippen molar-refractivity contribution in [2.45, 2.75) is 25.7 Å². The zero-order chi connectivity index (χ0) is 17.4. The lowest BCUT2D eigenvalue weighted by molar-refractivity contribution is -0.137. The topological polar surface area (TPSA) is 115 Å². The highest BCUT2D eigenvalue weighted by Gasteiger charge is 2.11. The van der Waals surface area contributed by atoms with Crippen LogP contribution in [-0.4, -0.2) is 40.8 Å². The Labute approximate surface area is 138 Å². The fourth-order valence-corrected chi connectivity index (χ4v) is 1.99. The van der Waals surface area contributed by atoms with Crippen molar-refractivity contribution in [2.75, 3.05) is 13.7 Å². The zero-order valence-electron chi connectivity index (χ0n) is 13.3. The Morgan fingerprint density at radius 3 is 2.67 bits per heavy atom. The van der Waals surface area contributed by atoms with E-state index in [9.17, 15) is 9.59 Å². The Hall–Kier alpha value is -2.90. The Morgan fingerprint density at radius 2 is 2.00 bits per heavy atom. The molecule has 0 radical (unpaired) electrons. The number of carbonyl (C=O) groups is 2. The fourth-order valence-electron chi connectivity index (χ4n) is 1.99. The van der Waals surface area contributed by atoms with E-state index in [2.05, 4.69) is 15.5 Å². The van der Waals surface area contributed by atoms with E-state index in [0.29, 0.717) is 31.1 Å². The van der Waals surface area contributed by atoms with Crippen LogP contribution in [0.2, 0.25) is 0 Å². The lowest BCUT2D eigenvalue weighted by Crippen LogP contribution is -2.25. The van der Waals surface area contributed by atoms with Crippen molar-refractivity contribution in [2.24, 2.45) is 0 Å². The minimum absolute atomic E-state index is 0.0369. The Balaban J connectivity index is 1.78. The van der Waals surface area contributed by atoms with E-state index in [0.717, 1.165) is 11.3 Å². The maximum absolute atomic E-state index is 11.6. The zero-order valence-corrected chi connectivity index (χ0v) is 13.3. The van der Waals surface area contributed by atoms with Crippen molar-refractivity contribution in [3.63, 3.8) is 0 Å². The van der Waals surface area contributed by atoms with Crippen LogP contribution in [0.3, 0.4) is 0 Å². The first kappa shape index (κ1) is 17.5. The molecule has 0 saturated carbocycles. The Morgan fingerprint density at radius 1 is 1.25 bits per heavy atom. The summed E-state index contributed by atoms with van der Waals surface area (Å²) in [4.78, 5) is 26.3. The first-order valence-corrected chi connectivity index (χ1v) is 7.54. The van der Waals surface area contributed by atoms with Gasteiger partial charge in [0.15, 0.2) is 0 Å². The second-order valence-electron chi connectivity index (χ2n) is 5.09. The number of carbonyl (C=O) groups excluding carboxylic acids is 1. The SMILES string of the molecule is COc1ccc(-c2noc(CCC(=O)NCCCC(=O)O)n2)cc1. The number of benzene rings is 1. The number of aryl methyl sites for hydroxylation is 1. The third-order valence-electron chi connectivity index (χ3n) is 3.27. The number of hydrogen-bond acceptors (Lipinski definition) is 6. The van der Waals surface area contributed by atoms with Gasteiger partial charge in [0.2, 0.25) is 17.6 Å². The second kappa shape index (κ2) is 8.66. The molecule has 0 saturated heterocycles. The first-order chi connectivity index (χ1) is 11.6. The summed E-state index contributed by atoms with van der Waals surface area (Å²) in [6.45, 7) is 0.339. The molecule has 1 aromatic carbocycles. The van der Waals surface area contributed by atoms with Crippen molar-refractivity contribution in [3.8, 4) is 17.1 Å². The highest BCUT2D eigenvalue weighted by atomic mass is 16.5. The molecule has 2 aromatic rings. The predicted octanol–water partition coefficient (Wildman–Crippen LogP) is 1.66. The maximum Gasteiger partial charge on any atom is 0.303 e. The third-order valence-corrected chi connectivity index (χ3v) is 3.27. The van der Waals surface area contributed by atoms with Crippen LogP contribution in [0, 0.1) is 0 Å². The average Bonchev–Trinajstić information content (AvgIpc) is 3.06. The molecule has 0 aliphatic carbocycles. The summed E-state index contributed by atoms with van der Waals surface area (Å²) in [5.74, 6) is 0.517. The number of carboxylic acids is 1. The smallest absolute Gasteiger partial charge is 0.303 e. The number of rotatable bonds is 9. The number of aromatic nitrogens is 2. The largest absolute Gasteiger partial charge is 0.497 e. The summed E-state index contributed by atoms with van der Waals surface area (Å²) in [6, 6.07) is 7.25. The summed E-state index contributed by atoms with van der Waals surface area (Å²) >= 11 is 0. The van der Waals surface area contributed by atoms with Crippen molar-refractivity contribution in [1.29, 1.82) is 0 Å². The average molecular weight is 333 g/mol. The molecule has 1 aromatic heterocycles. The van der Waals surface area contributed by atoms with Gasteiger partial charge in [-0.25, -0.2) is 0 Å². The number of aliphatic carboxylic acids is 1. The second-order valence-corrected chi connectivity index (χ2v) is 5.09. The van der Waals surface area contributed by atoms with E-state index in [1.165, 1.54) is 0 Å². The number of ether oxygens (including phenoxy) is 1. The monoisotopic (exact) mass is 333 g/mol. The van der Waals surface area contributed by atoms with Crippen LogP contribution < -0.4 is 10.1 Å². The van der Waals surface area contributed by atoms with Crippen LogP contribution in [0.15, 0.2) is 28.8 Å². The minimum atomic E-state index is -0.874. The maximum atomic E-state index is 11.6.